The van der Waals surface area contributed by atoms with E-state index in [0.29, 0.717) is 0 Å². The number of hydrogen-bond donors (Lipinski definition) is 3. The molecule has 82 valence electrons. The average Bonchev–Trinajstić information content (AvgIpc) is 2.17. The number of urea groups is 1. The summed E-state index contributed by atoms with van der Waals surface area (Å²) in [5.41, 5.74) is 4.08. The maximum Gasteiger partial charge on any atom is 0.333 e. The molecule has 0 aromatic heterocycles. The summed E-state index contributed by atoms with van der Waals surface area (Å²) in [6.45, 7) is 6.42. The highest BCUT2D eigenvalue weighted by atomic mass is 16.2. The Bertz CT molecular complexity index is 338. The molecule has 15 heavy (non-hydrogen) atoms. The number of hydrazine groups is 1. The van der Waals surface area contributed by atoms with Crippen LogP contribution < -0.4 is 16.6 Å². The summed E-state index contributed by atoms with van der Waals surface area (Å²) >= 11 is 0. The molecule has 1 rings (SSSR count). The number of carbonyl (C=O) groups excluding carboxylic acids is 1. The van der Waals surface area contributed by atoms with E-state index < -0.39 is 6.03 Å². The van der Waals surface area contributed by atoms with Gasteiger partial charge in [0.25, 0.3) is 0 Å². The van der Waals surface area contributed by atoms with Gasteiger partial charge < -0.3 is 5.32 Å². The number of carbonyl (C=O) groups is 1. The van der Waals surface area contributed by atoms with Crippen LogP contribution in [0.25, 0.3) is 0 Å². The number of nitrogens with two attached hydrogens (primary N) is 1. The smallest absolute Gasteiger partial charge is 0.307 e. The Morgan fingerprint density at radius 2 is 1.73 bits per heavy atom. The molecule has 4 N–H and O–H groups in total. The van der Waals surface area contributed by atoms with E-state index in [0.717, 1.165) is 5.69 Å². The summed E-state index contributed by atoms with van der Waals surface area (Å²) in [5, 5.41) is 2.60. The monoisotopic (exact) mass is 207 g/mol. The first kappa shape index (κ1) is 11.5. The summed E-state index contributed by atoms with van der Waals surface area (Å²) in [5.74, 6) is 4.96. The highest BCUT2D eigenvalue weighted by Crippen LogP contribution is 2.23. The molecule has 0 saturated carbocycles. The molecule has 0 aliphatic carbocycles. The molecule has 2 amide bonds. The number of rotatable bonds is 1. The second-order valence-electron chi connectivity index (χ2n) is 4.43. The van der Waals surface area contributed by atoms with E-state index >= 15 is 0 Å². The minimum Gasteiger partial charge on any atom is -0.307 e. The molecular formula is C11H17N3O. The highest BCUT2D eigenvalue weighted by molar-refractivity contribution is 5.88. The molecule has 1 aromatic rings. The van der Waals surface area contributed by atoms with Crippen molar-refractivity contribution in [1.29, 1.82) is 0 Å². The van der Waals surface area contributed by atoms with Crippen LogP contribution in [0.1, 0.15) is 26.3 Å². The molecule has 0 radical (unpaired) electrons. The second kappa shape index (κ2) is 4.31. The lowest BCUT2D eigenvalue weighted by Crippen LogP contribution is -2.34. The summed E-state index contributed by atoms with van der Waals surface area (Å²) < 4.78 is 0. The van der Waals surface area contributed by atoms with Crippen LogP contribution in [-0.4, -0.2) is 6.03 Å². The lowest BCUT2D eigenvalue weighted by molar-refractivity contribution is 0.252. The average molecular weight is 207 g/mol. The molecule has 4 nitrogen and oxygen atoms in total. The van der Waals surface area contributed by atoms with Crippen molar-refractivity contribution in [3.8, 4) is 0 Å². The molecule has 0 fully saturated rings. The third-order valence-corrected chi connectivity index (χ3v) is 2.14. The van der Waals surface area contributed by atoms with Crippen LogP contribution in [0.15, 0.2) is 24.3 Å². The Morgan fingerprint density at radius 1 is 1.20 bits per heavy atom. The molecule has 1 aromatic carbocycles. The van der Waals surface area contributed by atoms with Crippen molar-refractivity contribution >= 4 is 11.7 Å². The lowest BCUT2D eigenvalue weighted by atomic mass is 9.87. The molecule has 0 bridgehead atoms. The molecule has 0 spiro atoms. The fourth-order valence-corrected chi connectivity index (χ4v) is 1.22. The number of hydrogen-bond acceptors (Lipinski definition) is 2. The van der Waals surface area contributed by atoms with Crippen LogP contribution in [-0.2, 0) is 5.41 Å². The van der Waals surface area contributed by atoms with Crippen LogP contribution in [0.4, 0.5) is 10.5 Å². The number of amides is 2. The van der Waals surface area contributed by atoms with Crippen molar-refractivity contribution in [3.63, 3.8) is 0 Å². The largest absolute Gasteiger partial charge is 0.333 e. The van der Waals surface area contributed by atoms with Crippen LogP contribution >= 0.6 is 0 Å². The first-order valence-electron chi connectivity index (χ1n) is 4.81. The topological polar surface area (TPSA) is 67.2 Å². The Balaban J connectivity index is 2.77. The molecule has 0 atom stereocenters. The van der Waals surface area contributed by atoms with Gasteiger partial charge in [-0.3, -0.25) is 5.43 Å². The van der Waals surface area contributed by atoms with Gasteiger partial charge in [0.15, 0.2) is 0 Å². The maximum atomic E-state index is 10.9. The van der Waals surface area contributed by atoms with E-state index in [-0.39, 0.29) is 5.41 Å². The van der Waals surface area contributed by atoms with E-state index in [1.54, 1.807) is 0 Å². The summed E-state index contributed by atoms with van der Waals surface area (Å²) in [4.78, 5) is 10.9. The van der Waals surface area contributed by atoms with Crippen molar-refractivity contribution in [2.75, 3.05) is 5.32 Å². The fourth-order valence-electron chi connectivity index (χ4n) is 1.22. The van der Waals surface area contributed by atoms with Crippen molar-refractivity contribution in [2.45, 2.75) is 26.2 Å². The SMILES string of the molecule is CC(C)(C)c1ccc(NC(=O)NN)cc1. The predicted octanol–water partition coefficient (Wildman–Crippen LogP) is 1.98. The zero-order valence-electron chi connectivity index (χ0n) is 9.29. The van der Waals surface area contributed by atoms with Crippen molar-refractivity contribution in [2.24, 2.45) is 5.84 Å². The van der Waals surface area contributed by atoms with Gasteiger partial charge in [0, 0.05) is 5.69 Å². The molecule has 0 aliphatic heterocycles. The van der Waals surface area contributed by atoms with Gasteiger partial charge in [0.1, 0.15) is 0 Å². The summed E-state index contributed by atoms with van der Waals surface area (Å²) in [7, 11) is 0. The minimum atomic E-state index is -0.418. The third-order valence-electron chi connectivity index (χ3n) is 2.14. The van der Waals surface area contributed by atoms with Crippen LogP contribution in [0, 0.1) is 0 Å². The lowest BCUT2D eigenvalue weighted by Gasteiger charge is -2.19. The first-order valence-corrected chi connectivity index (χ1v) is 4.81. The first-order chi connectivity index (χ1) is 6.93. The Hall–Kier alpha value is -1.55. The van der Waals surface area contributed by atoms with Crippen molar-refractivity contribution < 1.29 is 4.79 Å². The van der Waals surface area contributed by atoms with Crippen LogP contribution in [0.2, 0.25) is 0 Å². The van der Waals surface area contributed by atoms with Gasteiger partial charge in [-0.1, -0.05) is 32.9 Å². The molecule has 0 heterocycles. The maximum absolute atomic E-state index is 10.9. The Kier molecular flexibility index (Phi) is 3.31. The normalized spacial score (nSPS) is 10.9. The standard InChI is InChI=1S/C11H17N3O/c1-11(2,3)8-4-6-9(7-5-8)13-10(15)14-12/h4-7H,12H2,1-3H3,(H2,13,14,15). The minimum absolute atomic E-state index is 0.120. The molecule has 0 saturated heterocycles. The quantitative estimate of drug-likeness (QED) is 0.374. The van der Waals surface area contributed by atoms with E-state index in [1.807, 2.05) is 29.7 Å². The van der Waals surface area contributed by atoms with Gasteiger partial charge in [0.05, 0.1) is 0 Å². The Labute approximate surface area is 89.8 Å². The van der Waals surface area contributed by atoms with Crippen molar-refractivity contribution in [3.05, 3.63) is 29.8 Å². The fraction of sp³-hybridized carbons (Fsp3) is 0.364. The number of benzene rings is 1. The van der Waals surface area contributed by atoms with Gasteiger partial charge in [-0.25, -0.2) is 10.6 Å². The van der Waals surface area contributed by atoms with Gasteiger partial charge in [-0.2, -0.15) is 0 Å². The van der Waals surface area contributed by atoms with Gasteiger partial charge in [0.2, 0.25) is 0 Å². The van der Waals surface area contributed by atoms with E-state index in [4.69, 9.17) is 5.84 Å². The van der Waals surface area contributed by atoms with Gasteiger partial charge in [-0.15, -0.1) is 0 Å². The highest BCUT2D eigenvalue weighted by Gasteiger charge is 2.12. The van der Waals surface area contributed by atoms with E-state index in [2.05, 4.69) is 26.1 Å². The van der Waals surface area contributed by atoms with E-state index in [1.165, 1.54) is 5.56 Å². The van der Waals surface area contributed by atoms with E-state index in [9.17, 15) is 4.79 Å². The zero-order chi connectivity index (χ0) is 11.5. The Morgan fingerprint density at radius 3 is 2.13 bits per heavy atom. The molecular weight excluding hydrogens is 190 g/mol. The van der Waals surface area contributed by atoms with Crippen LogP contribution in [0.3, 0.4) is 0 Å². The van der Waals surface area contributed by atoms with Gasteiger partial charge >= 0.3 is 6.03 Å². The van der Waals surface area contributed by atoms with Gasteiger partial charge in [-0.05, 0) is 23.1 Å². The predicted molar refractivity (Wildman–Crippen MR) is 61.5 cm³/mol. The number of nitrogens with one attached hydrogen (secondary N) is 2. The summed E-state index contributed by atoms with van der Waals surface area (Å²) in [6.07, 6.45) is 0. The molecule has 0 unspecified atom stereocenters. The van der Waals surface area contributed by atoms with Crippen LogP contribution in [0.5, 0.6) is 0 Å². The molecule has 4 heteroatoms. The molecule has 0 aliphatic rings. The number of anilines is 1. The second-order valence-corrected chi connectivity index (χ2v) is 4.43. The zero-order valence-corrected chi connectivity index (χ0v) is 9.29. The van der Waals surface area contributed by atoms with Crippen molar-refractivity contribution in [1.82, 2.24) is 5.43 Å². The summed E-state index contributed by atoms with van der Waals surface area (Å²) in [6, 6.07) is 7.28. The third kappa shape index (κ3) is 3.25.